The highest BCUT2D eigenvalue weighted by atomic mass is 32.1. The lowest BCUT2D eigenvalue weighted by atomic mass is 9.97. The molecule has 1 aliphatic carbocycles. The molecular formula is C18H20N2O3S. The van der Waals surface area contributed by atoms with E-state index in [4.69, 9.17) is 9.47 Å². The first-order chi connectivity index (χ1) is 11.6. The summed E-state index contributed by atoms with van der Waals surface area (Å²) in [6.07, 6.45) is 4.52. The first kappa shape index (κ1) is 15.4. The Hall–Kier alpha value is -2.08. The Labute approximate surface area is 145 Å². The zero-order valence-corrected chi connectivity index (χ0v) is 14.4. The molecule has 1 aromatic carbocycles. The van der Waals surface area contributed by atoms with Gasteiger partial charge in [-0.25, -0.2) is 4.98 Å². The van der Waals surface area contributed by atoms with Crippen molar-refractivity contribution in [2.75, 3.05) is 6.79 Å². The highest BCUT2D eigenvalue weighted by Gasteiger charge is 2.39. The number of nitrogens with one attached hydrogen (secondary N) is 1. The molecule has 4 rings (SSSR count). The van der Waals surface area contributed by atoms with Gasteiger partial charge in [0, 0.05) is 11.1 Å². The summed E-state index contributed by atoms with van der Waals surface area (Å²) >= 11 is 1.65. The number of carbonyl (C=O) groups is 1. The van der Waals surface area contributed by atoms with E-state index >= 15 is 0 Å². The number of benzene rings is 1. The fraction of sp³-hybridized carbons (Fsp3) is 0.444. The second-order valence-electron chi connectivity index (χ2n) is 6.50. The van der Waals surface area contributed by atoms with E-state index < -0.39 is 0 Å². The van der Waals surface area contributed by atoms with Gasteiger partial charge in [0.1, 0.15) is 5.01 Å². The van der Waals surface area contributed by atoms with Crippen LogP contribution in [-0.2, 0) is 16.8 Å². The van der Waals surface area contributed by atoms with Crippen molar-refractivity contribution in [1.29, 1.82) is 0 Å². The smallest absolute Gasteiger partial charge is 0.231 e. The van der Waals surface area contributed by atoms with Gasteiger partial charge in [0.05, 0.1) is 12.0 Å². The zero-order valence-electron chi connectivity index (χ0n) is 13.6. The van der Waals surface area contributed by atoms with Crippen molar-refractivity contribution in [2.45, 2.75) is 44.6 Å². The molecule has 2 aliphatic rings. The van der Waals surface area contributed by atoms with Crippen molar-refractivity contribution in [3.05, 3.63) is 39.8 Å². The third kappa shape index (κ3) is 2.86. The van der Waals surface area contributed by atoms with Crippen LogP contribution in [0.5, 0.6) is 11.5 Å². The molecular weight excluding hydrogens is 324 g/mol. The Kier molecular flexibility index (Phi) is 3.92. The molecule has 24 heavy (non-hydrogen) atoms. The van der Waals surface area contributed by atoms with Crippen LogP contribution in [0.1, 0.15) is 41.9 Å². The number of hydrogen-bond donors (Lipinski definition) is 1. The van der Waals surface area contributed by atoms with Crippen molar-refractivity contribution in [3.8, 4) is 11.5 Å². The molecule has 0 radical (unpaired) electrons. The average Bonchev–Trinajstić information content (AvgIpc) is 3.27. The standard InChI is InChI=1S/C18H20N2O3S/c1-12-10-24-17(19-12)18(6-2-3-7-18)20-16(21)9-13-4-5-14-15(8-13)23-11-22-14/h4-5,8,10H,2-3,6-7,9,11H2,1H3,(H,20,21). The molecule has 2 heterocycles. The number of nitrogens with zero attached hydrogens (tertiary/aromatic N) is 1. The lowest BCUT2D eigenvalue weighted by Crippen LogP contribution is -2.44. The summed E-state index contributed by atoms with van der Waals surface area (Å²) in [4.78, 5) is 17.3. The summed E-state index contributed by atoms with van der Waals surface area (Å²) in [5.41, 5.74) is 1.67. The van der Waals surface area contributed by atoms with Gasteiger partial charge in [-0.2, -0.15) is 0 Å². The molecule has 126 valence electrons. The number of amides is 1. The minimum absolute atomic E-state index is 0.0311. The third-order valence-electron chi connectivity index (χ3n) is 4.67. The number of hydrogen-bond acceptors (Lipinski definition) is 5. The van der Waals surface area contributed by atoms with Gasteiger partial charge in [-0.3, -0.25) is 4.79 Å². The number of fused-ring (bicyclic) bond motifs is 1. The van der Waals surface area contributed by atoms with Gasteiger partial charge >= 0.3 is 0 Å². The highest BCUT2D eigenvalue weighted by Crippen LogP contribution is 2.40. The van der Waals surface area contributed by atoms with Gasteiger partial charge in [0.25, 0.3) is 0 Å². The van der Waals surface area contributed by atoms with Crippen LogP contribution in [0.3, 0.4) is 0 Å². The number of aromatic nitrogens is 1. The molecule has 0 unspecified atom stereocenters. The fourth-order valence-corrected chi connectivity index (χ4v) is 4.50. The predicted octanol–water partition coefficient (Wildman–Crippen LogP) is 3.31. The highest BCUT2D eigenvalue weighted by molar-refractivity contribution is 7.09. The zero-order chi connectivity index (χ0) is 16.6. The van der Waals surface area contributed by atoms with Crippen molar-refractivity contribution >= 4 is 17.2 Å². The summed E-state index contributed by atoms with van der Waals surface area (Å²) < 4.78 is 10.7. The van der Waals surface area contributed by atoms with Gasteiger partial charge in [0.2, 0.25) is 12.7 Å². The quantitative estimate of drug-likeness (QED) is 0.924. The maximum atomic E-state index is 12.6. The van der Waals surface area contributed by atoms with Gasteiger partial charge < -0.3 is 14.8 Å². The Morgan fingerprint density at radius 3 is 2.83 bits per heavy atom. The van der Waals surface area contributed by atoms with Crippen LogP contribution in [0.4, 0.5) is 0 Å². The Bertz CT molecular complexity index is 765. The summed E-state index contributed by atoms with van der Waals surface area (Å²) in [7, 11) is 0. The number of aryl methyl sites for hydroxylation is 1. The number of carbonyl (C=O) groups excluding carboxylic acids is 1. The van der Waals surface area contributed by atoms with E-state index in [1.54, 1.807) is 11.3 Å². The van der Waals surface area contributed by atoms with Crippen molar-refractivity contribution < 1.29 is 14.3 Å². The Balaban J connectivity index is 1.50. The maximum absolute atomic E-state index is 12.6. The summed E-state index contributed by atoms with van der Waals surface area (Å²) in [6.45, 7) is 2.24. The van der Waals surface area contributed by atoms with E-state index in [1.165, 1.54) is 0 Å². The molecule has 1 amide bonds. The van der Waals surface area contributed by atoms with Gasteiger partial charge in [-0.15, -0.1) is 11.3 Å². The Morgan fingerprint density at radius 2 is 2.08 bits per heavy atom. The number of thiazole rings is 1. The lowest BCUT2D eigenvalue weighted by molar-refractivity contribution is -0.122. The van der Waals surface area contributed by atoms with Crippen molar-refractivity contribution in [3.63, 3.8) is 0 Å². The second-order valence-corrected chi connectivity index (χ2v) is 7.35. The van der Waals surface area contributed by atoms with E-state index in [-0.39, 0.29) is 18.2 Å². The fourth-order valence-electron chi connectivity index (χ4n) is 3.49. The predicted molar refractivity (Wildman–Crippen MR) is 91.4 cm³/mol. The van der Waals surface area contributed by atoms with Gasteiger partial charge in [-0.1, -0.05) is 18.9 Å². The van der Waals surface area contributed by atoms with E-state index in [1.807, 2.05) is 25.1 Å². The SMILES string of the molecule is Cc1csc(C2(NC(=O)Cc3ccc4c(c3)OCO4)CCCC2)n1. The molecule has 0 bridgehead atoms. The van der Waals surface area contributed by atoms with E-state index in [2.05, 4.69) is 15.7 Å². The molecule has 1 aromatic heterocycles. The molecule has 2 aromatic rings. The van der Waals surface area contributed by atoms with Crippen LogP contribution >= 0.6 is 11.3 Å². The molecule has 1 saturated carbocycles. The molecule has 1 N–H and O–H groups in total. The summed E-state index contributed by atoms with van der Waals surface area (Å²) in [5, 5.41) is 6.37. The van der Waals surface area contributed by atoms with E-state index in [0.717, 1.165) is 47.7 Å². The third-order valence-corrected chi connectivity index (χ3v) is 5.83. The molecule has 0 saturated heterocycles. The largest absolute Gasteiger partial charge is 0.454 e. The summed E-state index contributed by atoms with van der Waals surface area (Å²) in [6, 6.07) is 5.67. The maximum Gasteiger partial charge on any atom is 0.231 e. The van der Waals surface area contributed by atoms with Crippen molar-refractivity contribution in [2.24, 2.45) is 0 Å². The normalized spacial score (nSPS) is 17.9. The molecule has 1 fully saturated rings. The van der Waals surface area contributed by atoms with Crippen LogP contribution in [-0.4, -0.2) is 17.7 Å². The van der Waals surface area contributed by atoms with Crippen LogP contribution in [0.25, 0.3) is 0 Å². The molecule has 5 nitrogen and oxygen atoms in total. The molecule has 0 atom stereocenters. The van der Waals surface area contributed by atoms with Gasteiger partial charge in [-0.05, 0) is 37.5 Å². The monoisotopic (exact) mass is 344 g/mol. The first-order valence-electron chi connectivity index (χ1n) is 8.27. The van der Waals surface area contributed by atoms with Crippen LogP contribution in [0.2, 0.25) is 0 Å². The molecule has 1 aliphatic heterocycles. The van der Waals surface area contributed by atoms with E-state index in [0.29, 0.717) is 12.2 Å². The molecule has 0 spiro atoms. The van der Waals surface area contributed by atoms with Gasteiger partial charge in [0.15, 0.2) is 11.5 Å². The Morgan fingerprint density at radius 1 is 1.29 bits per heavy atom. The van der Waals surface area contributed by atoms with Crippen LogP contribution in [0.15, 0.2) is 23.6 Å². The second kappa shape index (κ2) is 6.09. The van der Waals surface area contributed by atoms with Crippen molar-refractivity contribution in [1.82, 2.24) is 10.3 Å². The lowest BCUT2D eigenvalue weighted by Gasteiger charge is -2.28. The number of rotatable bonds is 4. The first-order valence-corrected chi connectivity index (χ1v) is 9.15. The topological polar surface area (TPSA) is 60.5 Å². The van der Waals surface area contributed by atoms with E-state index in [9.17, 15) is 4.79 Å². The minimum atomic E-state index is -0.285. The minimum Gasteiger partial charge on any atom is -0.454 e. The molecule has 6 heteroatoms. The average molecular weight is 344 g/mol. The summed E-state index contributed by atoms with van der Waals surface area (Å²) in [5.74, 6) is 1.49. The van der Waals surface area contributed by atoms with Crippen LogP contribution < -0.4 is 14.8 Å². The number of ether oxygens (including phenoxy) is 2. The van der Waals surface area contributed by atoms with Crippen LogP contribution in [0, 0.1) is 6.92 Å².